The zero-order valence-corrected chi connectivity index (χ0v) is 17.7. The molecule has 1 amide bonds. The van der Waals surface area contributed by atoms with Crippen LogP contribution in [0, 0.1) is 0 Å². The van der Waals surface area contributed by atoms with Crippen LogP contribution in [-0.4, -0.2) is 40.0 Å². The fraction of sp³-hybridized carbons (Fsp3) is 0.348. The van der Waals surface area contributed by atoms with Crippen molar-refractivity contribution in [3.8, 4) is 0 Å². The van der Waals surface area contributed by atoms with Crippen LogP contribution < -0.4 is 5.73 Å². The maximum Gasteiger partial charge on any atom is 0.336 e. The van der Waals surface area contributed by atoms with Crippen LogP contribution in [0.1, 0.15) is 51.8 Å². The van der Waals surface area contributed by atoms with E-state index in [1.807, 2.05) is 42.9 Å². The topological polar surface area (TPSA) is 96.5 Å². The lowest BCUT2D eigenvalue weighted by Gasteiger charge is -2.38. The average Bonchev–Trinajstić information content (AvgIpc) is 3.21. The van der Waals surface area contributed by atoms with Gasteiger partial charge in [0.1, 0.15) is 0 Å². The summed E-state index contributed by atoms with van der Waals surface area (Å²) < 4.78 is 0. The Labute approximate surface area is 179 Å². The standard InChI is InChI=1S/C23H25N3O3S/c1-26(15-7-9-18-20(12-15)30-13-25-18)19(10-11-21(24)27)22-16-5-3-2-4-14(16)6-8-17(22)23(28)29/h2-6,8,13,15,19H,7,9-12H2,1H3,(H2,24,27)(H,28,29). The van der Waals surface area contributed by atoms with E-state index >= 15 is 0 Å². The number of carbonyl (C=O) groups is 2. The summed E-state index contributed by atoms with van der Waals surface area (Å²) in [5.41, 5.74) is 9.59. The number of aromatic carboxylic acids is 1. The lowest BCUT2D eigenvalue weighted by Crippen LogP contribution is -2.39. The number of rotatable bonds is 7. The Morgan fingerprint density at radius 3 is 2.87 bits per heavy atom. The number of likely N-dealkylation sites (N-methyl/N-ethyl adjacent to an activating group) is 1. The molecule has 0 aliphatic heterocycles. The summed E-state index contributed by atoms with van der Waals surface area (Å²) in [6, 6.07) is 11.4. The van der Waals surface area contributed by atoms with Crippen LogP contribution in [-0.2, 0) is 17.6 Å². The third kappa shape index (κ3) is 3.95. The van der Waals surface area contributed by atoms with Gasteiger partial charge >= 0.3 is 5.97 Å². The zero-order valence-electron chi connectivity index (χ0n) is 16.9. The molecular formula is C23H25N3O3S. The number of benzene rings is 2. The van der Waals surface area contributed by atoms with Gasteiger partial charge in [-0.3, -0.25) is 9.69 Å². The molecule has 3 N–H and O–H groups in total. The van der Waals surface area contributed by atoms with Gasteiger partial charge in [0.05, 0.1) is 16.8 Å². The molecule has 0 spiro atoms. The number of primary amides is 1. The number of carbonyl (C=O) groups excluding carboxylic acids is 1. The van der Waals surface area contributed by atoms with Crippen LogP contribution in [0.25, 0.3) is 10.8 Å². The molecular weight excluding hydrogens is 398 g/mol. The summed E-state index contributed by atoms with van der Waals surface area (Å²) in [6.45, 7) is 0. The highest BCUT2D eigenvalue weighted by atomic mass is 32.1. The smallest absolute Gasteiger partial charge is 0.336 e. The Morgan fingerprint density at radius 1 is 1.30 bits per heavy atom. The van der Waals surface area contributed by atoms with Gasteiger partial charge in [0.25, 0.3) is 0 Å². The third-order valence-corrected chi connectivity index (χ3v) is 7.02. The number of carboxylic acid groups (broad SMARTS) is 1. The van der Waals surface area contributed by atoms with Crippen molar-refractivity contribution < 1.29 is 14.7 Å². The van der Waals surface area contributed by atoms with Gasteiger partial charge in [0.2, 0.25) is 5.91 Å². The summed E-state index contributed by atoms with van der Waals surface area (Å²) in [5.74, 6) is -1.33. The maximum absolute atomic E-state index is 12.1. The Kier molecular flexibility index (Phi) is 5.83. The van der Waals surface area contributed by atoms with E-state index < -0.39 is 5.97 Å². The van der Waals surface area contributed by atoms with Crippen molar-refractivity contribution in [2.24, 2.45) is 5.73 Å². The van der Waals surface area contributed by atoms with Gasteiger partial charge in [-0.05, 0) is 55.1 Å². The van der Waals surface area contributed by atoms with Crippen LogP contribution >= 0.6 is 11.3 Å². The Hall–Kier alpha value is -2.77. The van der Waals surface area contributed by atoms with Crippen molar-refractivity contribution in [3.63, 3.8) is 0 Å². The van der Waals surface area contributed by atoms with Gasteiger partial charge in [-0.1, -0.05) is 30.3 Å². The Balaban J connectivity index is 1.78. The van der Waals surface area contributed by atoms with Crippen LogP contribution in [0.5, 0.6) is 0 Å². The molecule has 1 aliphatic rings. The van der Waals surface area contributed by atoms with E-state index in [9.17, 15) is 14.7 Å². The highest BCUT2D eigenvalue weighted by molar-refractivity contribution is 7.09. The third-order valence-electron chi connectivity index (χ3n) is 6.13. The van der Waals surface area contributed by atoms with E-state index in [-0.39, 0.29) is 30.0 Å². The molecule has 2 atom stereocenters. The molecule has 1 aliphatic carbocycles. The van der Waals surface area contributed by atoms with E-state index in [1.54, 1.807) is 17.4 Å². The molecule has 1 heterocycles. The lowest BCUT2D eigenvalue weighted by molar-refractivity contribution is -0.118. The minimum atomic E-state index is -0.957. The molecule has 0 saturated carbocycles. The fourth-order valence-electron chi connectivity index (χ4n) is 4.56. The first-order chi connectivity index (χ1) is 14.5. The van der Waals surface area contributed by atoms with Crippen LogP contribution in [0.15, 0.2) is 41.9 Å². The lowest BCUT2D eigenvalue weighted by atomic mass is 9.87. The minimum absolute atomic E-state index is 0.204. The molecule has 156 valence electrons. The average molecular weight is 424 g/mol. The molecule has 6 nitrogen and oxygen atoms in total. The number of nitrogens with two attached hydrogens (primary N) is 1. The van der Waals surface area contributed by atoms with Gasteiger partial charge in [0.15, 0.2) is 0 Å². The summed E-state index contributed by atoms with van der Waals surface area (Å²) in [4.78, 5) is 31.7. The first kappa shape index (κ1) is 20.5. The van der Waals surface area contributed by atoms with E-state index in [1.165, 1.54) is 10.6 Å². The van der Waals surface area contributed by atoms with Crippen molar-refractivity contribution in [3.05, 3.63) is 63.6 Å². The van der Waals surface area contributed by atoms with Gasteiger partial charge in [0, 0.05) is 23.4 Å². The highest BCUT2D eigenvalue weighted by Gasteiger charge is 2.32. The number of hydrogen-bond donors (Lipinski definition) is 2. The second kappa shape index (κ2) is 8.53. The number of amides is 1. The summed E-state index contributed by atoms with van der Waals surface area (Å²) in [7, 11) is 2.04. The number of fused-ring (bicyclic) bond motifs is 2. The normalized spacial score (nSPS) is 17.1. The van der Waals surface area contributed by atoms with Gasteiger partial charge in [-0.2, -0.15) is 0 Å². The van der Waals surface area contributed by atoms with E-state index in [0.717, 1.165) is 35.6 Å². The van der Waals surface area contributed by atoms with Crippen LogP contribution in [0.2, 0.25) is 0 Å². The van der Waals surface area contributed by atoms with Crippen molar-refractivity contribution in [1.29, 1.82) is 0 Å². The van der Waals surface area contributed by atoms with Gasteiger partial charge < -0.3 is 10.8 Å². The van der Waals surface area contributed by atoms with E-state index in [0.29, 0.717) is 6.42 Å². The summed E-state index contributed by atoms with van der Waals surface area (Å²) in [5, 5.41) is 11.8. The van der Waals surface area contributed by atoms with Crippen molar-refractivity contribution in [2.75, 3.05) is 7.05 Å². The molecule has 0 saturated heterocycles. The van der Waals surface area contributed by atoms with Gasteiger partial charge in [-0.15, -0.1) is 11.3 Å². The molecule has 0 radical (unpaired) electrons. The second-order valence-corrected chi connectivity index (χ2v) is 8.80. The predicted octanol–water partition coefficient (Wildman–Crippen LogP) is 3.79. The van der Waals surface area contributed by atoms with Crippen LogP contribution in [0.4, 0.5) is 0 Å². The summed E-state index contributed by atoms with van der Waals surface area (Å²) >= 11 is 1.68. The SMILES string of the molecule is CN(C1CCc2ncsc2C1)C(CCC(N)=O)c1c(C(=O)O)ccc2ccccc12. The molecule has 30 heavy (non-hydrogen) atoms. The first-order valence-electron chi connectivity index (χ1n) is 10.1. The molecule has 4 rings (SSSR count). The predicted molar refractivity (Wildman–Crippen MR) is 118 cm³/mol. The number of hydrogen-bond acceptors (Lipinski definition) is 5. The largest absolute Gasteiger partial charge is 0.478 e. The molecule has 3 aromatic rings. The number of nitrogens with zero attached hydrogens (tertiary/aromatic N) is 2. The highest BCUT2D eigenvalue weighted by Crippen LogP contribution is 2.37. The molecule has 0 bridgehead atoms. The van der Waals surface area contributed by atoms with Crippen molar-refractivity contribution >= 4 is 34.0 Å². The number of aromatic nitrogens is 1. The van der Waals surface area contributed by atoms with Crippen molar-refractivity contribution in [1.82, 2.24) is 9.88 Å². The second-order valence-electron chi connectivity index (χ2n) is 7.86. The Morgan fingerprint density at radius 2 is 2.10 bits per heavy atom. The van der Waals surface area contributed by atoms with Crippen LogP contribution in [0.3, 0.4) is 0 Å². The summed E-state index contributed by atoms with van der Waals surface area (Å²) in [6.07, 6.45) is 3.43. The monoisotopic (exact) mass is 423 g/mol. The molecule has 1 aromatic heterocycles. The molecule has 2 unspecified atom stereocenters. The fourth-order valence-corrected chi connectivity index (χ4v) is 5.44. The number of carboxylic acids is 1. The van der Waals surface area contributed by atoms with Gasteiger partial charge in [-0.25, -0.2) is 9.78 Å². The molecule has 2 aromatic carbocycles. The number of aryl methyl sites for hydroxylation is 1. The minimum Gasteiger partial charge on any atom is -0.478 e. The maximum atomic E-state index is 12.1. The Bertz CT molecular complexity index is 1090. The number of thiazole rings is 1. The zero-order chi connectivity index (χ0) is 21.3. The quantitative estimate of drug-likeness (QED) is 0.603. The van der Waals surface area contributed by atoms with E-state index in [2.05, 4.69) is 9.88 Å². The molecule has 0 fully saturated rings. The molecule has 7 heteroatoms. The first-order valence-corrected chi connectivity index (χ1v) is 11.0. The van der Waals surface area contributed by atoms with Crippen molar-refractivity contribution in [2.45, 2.75) is 44.2 Å². The van der Waals surface area contributed by atoms with E-state index in [4.69, 9.17) is 5.73 Å².